The number of carboxylic acids is 1. The zero-order valence-electron chi connectivity index (χ0n) is 15.3. The first-order valence-corrected chi connectivity index (χ1v) is 9.82. The van der Waals surface area contributed by atoms with Gasteiger partial charge in [-0.15, -0.1) is 0 Å². The van der Waals surface area contributed by atoms with Crippen LogP contribution < -0.4 is 5.32 Å². The number of fused-ring (bicyclic) bond motifs is 1. The van der Waals surface area contributed by atoms with Crippen molar-refractivity contribution in [3.8, 4) is 11.3 Å². The Labute approximate surface area is 177 Å². The number of aromatic nitrogens is 1. The van der Waals surface area contributed by atoms with Crippen LogP contribution in [0, 0.1) is 0 Å². The van der Waals surface area contributed by atoms with Crippen molar-refractivity contribution >= 4 is 40.1 Å². The van der Waals surface area contributed by atoms with Gasteiger partial charge in [-0.1, -0.05) is 41.4 Å². The van der Waals surface area contributed by atoms with Crippen molar-refractivity contribution < 1.29 is 14.3 Å². The lowest BCUT2D eigenvalue weighted by atomic mass is 10.0. The maximum Gasteiger partial charge on any atom is 0.321 e. The summed E-state index contributed by atoms with van der Waals surface area (Å²) in [6, 6.07) is 15.8. The number of hydrogen-bond acceptors (Lipinski definition) is 3. The first-order chi connectivity index (χ1) is 14.0. The molecular weight excluding hydrogens is 411 g/mol. The molecule has 5 nitrogen and oxygen atoms in total. The van der Waals surface area contributed by atoms with Gasteiger partial charge in [-0.2, -0.15) is 0 Å². The van der Waals surface area contributed by atoms with Crippen LogP contribution in [-0.4, -0.2) is 22.1 Å². The van der Waals surface area contributed by atoms with Crippen LogP contribution in [0.1, 0.15) is 11.3 Å². The minimum absolute atomic E-state index is 0.275. The van der Waals surface area contributed by atoms with Crippen LogP contribution in [0.25, 0.3) is 22.2 Å². The lowest BCUT2D eigenvalue weighted by Crippen LogP contribution is -2.37. The predicted octanol–water partition coefficient (Wildman–Crippen LogP) is 5.52. The molecule has 0 aliphatic heterocycles. The smallest absolute Gasteiger partial charge is 0.321 e. The molecule has 4 rings (SSSR count). The molecule has 0 saturated carbocycles. The second-order valence-corrected chi connectivity index (χ2v) is 7.57. The van der Waals surface area contributed by atoms with Crippen LogP contribution in [-0.2, 0) is 17.8 Å². The van der Waals surface area contributed by atoms with Crippen LogP contribution in [0.5, 0.6) is 0 Å². The molecule has 2 aromatic heterocycles. The highest BCUT2D eigenvalue weighted by Crippen LogP contribution is 2.31. The number of aliphatic carboxylic acids is 1. The number of rotatable bonds is 7. The van der Waals surface area contributed by atoms with Gasteiger partial charge in [0.2, 0.25) is 0 Å². The third kappa shape index (κ3) is 4.32. The maximum atomic E-state index is 11.8. The summed E-state index contributed by atoms with van der Waals surface area (Å²) in [6.07, 6.45) is 2.21. The van der Waals surface area contributed by atoms with Crippen LogP contribution in [0.3, 0.4) is 0 Å². The van der Waals surface area contributed by atoms with Gasteiger partial charge in [0.1, 0.15) is 17.6 Å². The van der Waals surface area contributed by atoms with Gasteiger partial charge in [-0.25, -0.2) is 0 Å². The molecule has 0 aliphatic carbocycles. The van der Waals surface area contributed by atoms with Gasteiger partial charge in [0.25, 0.3) is 0 Å². The fourth-order valence-corrected chi connectivity index (χ4v) is 3.68. The fourth-order valence-electron chi connectivity index (χ4n) is 3.29. The van der Waals surface area contributed by atoms with Crippen molar-refractivity contribution in [3.63, 3.8) is 0 Å². The molecule has 0 spiro atoms. The van der Waals surface area contributed by atoms with Crippen molar-refractivity contribution in [1.29, 1.82) is 0 Å². The van der Waals surface area contributed by atoms with Gasteiger partial charge >= 0.3 is 5.97 Å². The largest absolute Gasteiger partial charge is 0.480 e. The summed E-state index contributed by atoms with van der Waals surface area (Å²) < 4.78 is 5.84. The summed E-state index contributed by atoms with van der Waals surface area (Å²) in [7, 11) is 0. The molecule has 148 valence electrons. The van der Waals surface area contributed by atoms with Crippen LogP contribution in [0.15, 0.2) is 65.2 Å². The molecule has 0 bridgehead atoms. The Bertz CT molecular complexity index is 1170. The zero-order valence-corrected chi connectivity index (χ0v) is 16.8. The number of hydrogen-bond donors (Lipinski definition) is 3. The average Bonchev–Trinajstić information content (AvgIpc) is 3.34. The number of aromatic amines is 1. The Morgan fingerprint density at radius 3 is 2.79 bits per heavy atom. The third-order valence-electron chi connectivity index (χ3n) is 4.78. The zero-order chi connectivity index (χ0) is 20.4. The highest BCUT2D eigenvalue weighted by Gasteiger charge is 2.20. The summed E-state index contributed by atoms with van der Waals surface area (Å²) in [5, 5.41) is 14.8. The highest BCUT2D eigenvalue weighted by molar-refractivity contribution is 6.35. The summed E-state index contributed by atoms with van der Waals surface area (Å²) in [4.78, 5) is 14.9. The van der Waals surface area contributed by atoms with Gasteiger partial charge < -0.3 is 14.5 Å². The number of carbonyl (C=O) groups is 1. The number of halogens is 2. The SMILES string of the molecule is O=C(O)[C@@H](Cc1c[nH]c2ccccc12)NCc1ccc(-c2cc(Cl)ccc2Cl)o1. The van der Waals surface area contributed by atoms with Crippen LogP contribution >= 0.6 is 23.2 Å². The van der Waals surface area contributed by atoms with E-state index in [1.807, 2.05) is 30.5 Å². The molecule has 3 N–H and O–H groups in total. The molecule has 4 aromatic rings. The molecule has 0 fully saturated rings. The van der Waals surface area contributed by atoms with E-state index in [0.717, 1.165) is 16.5 Å². The minimum Gasteiger partial charge on any atom is -0.480 e. The number of furan rings is 1. The molecule has 0 amide bonds. The van der Waals surface area contributed by atoms with E-state index in [4.69, 9.17) is 27.6 Å². The summed E-state index contributed by atoms with van der Waals surface area (Å²) in [5.41, 5.74) is 2.63. The number of benzene rings is 2. The van der Waals surface area contributed by atoms with E-state index in [0.29, 0.717) is 33.6 Å². The Balaban J connectivity index is 1.47. The van der Waals surface area contributed by atoms with Crippen molar-refractivity contribution in [3.05, 3.63) is 82.2 Å². The first kappa shape index (κ1) is 19.6. The molecule has 29 heavy (non-hydrogen) atoms. The van der Waals surface area contributed by atoms with Crippen molar-refractivity contribution in [2.75, 3.05) is 0 Å². The summed E-state index contributed by atoms with van der Waals surface area (Å²) in [6.45, 7) is 0.275. The van der Waals surface area contributed by atoms with Crippen LogP contribution in [0.4, 0.5) is 0 Å². The predicted molar refractivity (Wildman–Crippen MR) is 114 cm³/mol. The number of para-hydroxylation sites is 1. The minimum atomic E-state index is -0.917. The van der Waals surface area contributed by atoms with Gasteiger partial charge in [0.05, 0.1) is 11.6 Å². The van der Waals surface area contributed by atoms with Gasteiger partial charge in [-0.3, -0.25) is 10.1 Å². The van der Waals surface area contributed by atoms with Gasteiger partial charge in [0.15, 0.2) is 0 Å². The van der Waals surface area contributed by atoms with E-state index in [1.54, 1.807) is 30.3 Å². The van der Waals surface area contributed by atoms with E-state index in [1.165, 1.54) is 0 Å². The van der Waals surface area contributed by atoms with E-state index in [2.05, 4.69) is 10.3 Å². The van der Waals surface area contributed by atoms with E-state index in [9.17, 15) is 9.90 Å². The molecule has 7 heteroatoms. The average molecular weight is 429 g/mol. The number of nitrogens with one attached hydrogen (secondary N) is 2. The Hall–Kier alpha value is -2.73. The molecule has 2 heterocycles. The van der Waals surface area contributed by atoms with Crippen molar-refractivity contribution in [2.45, 2.75) is 19.0 Å². The highest BCUT2D eigenvalue weighted by atomic mass is 35.5. The fraction of sp³-hybridized carbons (Fsp3) is 0.136. The topological polar surface area (TPSA) is 78.3 Å². The second-order valence-electron chi connectivity index (χ2n) is 6.73. The number of carboxylic acid groups (broad SMARTS) is 1. The van der Waals surface area contributed by atoms with Crippen molar-refractivity contribution in [1.82, 2.24) is 10.3 Å². The maximum absolute atomic E-state index is 11.8. The quantitative estimate of drug-likeness (QED) is 0.362. The second kappa shape index (κ2) is 8.33. The standard InChI is InChI=1S/C22H18Cl2N2O3/c23-14-5-7-18(24)17(10-14)21-8-6-15(29-21)12-26-20(22(27)28)9-13-11-25-19-4-2-1-3-16(13)19/h1-8,10-11,20,25-26H,9,12H2,(H,27,28)/t20-/m1/s1. The molecule has 0 aliphatic rings. The Kier molecular flexibility index (Phi) is 5.62. The normalized spacial score (nSPS) is 12.3. The monoisotopic (exact) mass is 428 g/mol. The summed E-state index contributed by atoms with van der Waals surface area (Å²) >= 11 is 12.3. The van der Waals surface area contributed by atoms with Gasteiger partial charge in [-0.05, 0) is 42.0 Å². The Morgan fingerprint density at radius 2 is 1.97 bits per heavy atom. The molecule has 1 atom stereocenters. The number of H-pyrrole nitrogens is 1. The van der Waals surface area contributed by atoms with E-state index < -0.39 is 12.0 Å². The third-order valence-corrected chi connectivity index (χ3v) is 5.34. The molecule has 0 radical (unpaired) electrons. The molecule has 0 unspecified atom stereocenters. The molecule has 2 aromatic carbocycles. The summed E-state index contributed by atoms with van der Waals surface area (Å²) in [5.74, 6) is 0.277. The molecule has 0 saturated heterocycles. The first-order valence-electron chi connectivity index (χ1n) is 9.06. The molecular formula is C22H18Cl2N2O3. The lowest BCUT2D eigenvalue weighted by Gasteiger charge is -2.13. The van der Waals surface area contributed by atoms with E-state index in [-0.39, 0.29) is 6.54 Å². The van der Waals surface area contributed by atoms with Gasteiger partial charge in [0, 0.05) is 34.1 Å². The van der Waals surface area contributed by atoms with Crippen LogP contribution in [0.2, 0.25) is 10.0 Å². The lowest BCUT2D eigenvalue weighted by molar-refractivity contribution is -0.139. The van der Waals surface area contributed by atoms with Crippen molar-refractivity contribution in [2.24, 2.45) is 0 Å². The Morgan fingerprint density at radius 1 is 1.14 bits per heavy atom. The van der Waals surface area contributed by atoms with E-state index >= 15 is 0 Å².